The molecule has 0 radical (unpaired) electrons. The third-order valence-corrected chi connectivity index (χ3v) is 6.48. The van der Waals surface area contributed by atoms with Gasteiger partial charge in [0.1, 0.15) is 12.4 Å². The summed E-state index contributed by atoms with van der Waals surface area (Å²) in [7, 11) is 0. The Bertz CT molecular complexity index is 833. The first-order chi connectivity index (χ1) is 14.3. The summed E-state index contributed by atoms with van der Waals surface area (Å²) in [5.41, 5.74) is -0.384. The van der Waals surface area contributed by atoms with E-state index in [0.717, 1.165) is 18.2 Å². The van der Waals surface area contributed by atoms with Crippen molar-refractivity contribution in [2.45, 2.75) is 37.3 Å². The number of alkyl halides is 2. The third-order valence-electron chi connectivity index (χ3n) is 6.16. The summed E-state index contributed by atoms with van der Waals surface area (Å²) >= 11 is 5.85. The molecule has 164 valence electrons. The number of hydrogen-bond acceptors (Lipinski definition) is 3. The number of piperidine rings is 2. The van der Waals surface area contributed by atoms with Crippen molar-refractivity contribution in [3.05, 3.63) is 34.6 Å². The molecule has 1 N–H and O–H groups in total. The van der Waals surface area contributed by atoms with Gasteiger partial charge < -0.3 is 19.9 Å². The number of ether oxygens (including phenoxy) is 1. The monoisotopic (exact) mass is 445 g/mol. The van der Waals surface area contributed by atoms with Crippen LogP contribution in [0.5, 0.6) is 0 Å². The normalized spacial score (nSPS) is 25.7. The Hall–Kier alpha value is -2.00. The number of rotatable bonds is 2. The molecule has 3 amide bonds. The predicted molar refractivity (Wildman–Crippen MR) is 103 cm³/mol. The lowest BCUT2D eigenvalue weighted by Crippen LogP contribution is -2.62. The number of fused-ring (bicyclic) bond motifs is 1. The molecular formula is C20H23ClF3N3O3. The molecule has 1 aromatic rings. The topological polar surface area (TPSA) is 61.9 Å². The van der Waals surface area contributed by atoms with Crippen molar-refractivity contribution in [2.75, 3.05) is 32.8 Å². The lowest BCUT2D eigenvalue weighted by Gasteiger charge is -2.44. The maximum absolute atomic E-state index is 15.0. The number of likely N-dealkylation sites (tertiary alicyclic amines) is 2. The highest BCUT2D eigenvalue weighted by Crippen LogP contribution is 2.44. The van der Waals surface area contributed by atoms with E-state index in [1.807, 2.05) is 0 Å². The van der Waals surface area contributed by atoms with Gasteiger partial charge in [-0.05, 0) is 37.5 Å². The summed E-state index contributed by atoms with van der Waals surface area (Å²) in [5, 5.41) is 2.55. The van der Waals surface area contributed by atoms with Crippen LogP contribution in [-0.2, 0) is 15.5 Å². The SMILES string of the molecule is O=C1COC2CCN(C(=O)N3CCC(C(F)(F)c4ccc(F)cc4Cl)CC3)C[C@H]2N1. The smallest absolute Gasteiger partial charge is 0.320 e. The molecule has 0 aliphatic carbocycles. The van der Waals surface area contributed by atoms with Crippen LogP contribution in [0.15, 0.2) is 18.2 Å². The molecule has 4 rings (SSSR count). The van der Waals surface area contributed by atoms with Crippen molar-refractivity contribution in [3.63, 3.8) is 0 Å². The zero-order chi connectivity index (χ0) is 21.5. The van der Waals surface area contributed by atoms with Crippen molar-refractivity contribution in [1.29, 1.82) is 0 Å². The molecule has 1 aromatic carbocycles. The Kier molecular flexibility index (Phi) is 5.85. The van der Waals surface area contributed by atoms with Gasteiger partial charge in [-0.2, -0.15) is 0 Å². The fourth-order valence-electron chi connectivity index (χ4n) is 4.49. The van der Waals surface area contributed by atoms with Gasteiger partial charge in [-0.1, -0.05) is 11.6 Å². The highest BCUT2D eigenvalue weighted by molar-refractivity contribution is 6.31. The number of benzene rings is 1. The van der Waals surface area contributed by atoms with Crippen LogP contribution in [0.25, 0.3) is 0 Å². The van der Waals surface area contributed by atoms with Crippen molar-refractivity contribution in [3.8, 4) is 0 Å². The second-order valence-corrected chi connectivity index (χ2v) is 8.46. The summed E-state index contributed by atoms with van der Waals surface area (Å²) in [6.45, 7) is 1.28. The maximum atomic E-state index is 15.0. The first-order valence-electron chi connectivity index (χ1n) is 10.0. The molecule has 6 nitrogen and oxygen atoms in total. The number of morpholine rings is 1. The third kappa shape index (κ3) is 4.09. The van der Waals surface area contributed by atoms with Gasteiger partial charge >= 0.3 is 6.03 Å². The van der Waals surface area contributed by atoms with Crippen molar-refractivity contribution < 1.29 is 27.5 Å². The number of hydrogen-bond donors (Lipinski definition) is 1. The van der Waals surface area contributed by atoms with Crippen molar-refractivity contribution in [1.82, 2.24) is 15.1 Å². The van der Waals surface area contributed by atoms with E-state index in [4.69, 9.17) is 16.3 Å². The molecule has 3 saturated heterocycles. The Labute approximate surface area is 177 Å². The van der Waals surface area contributed by atoms with Crippen LogP contribution in [0.3, 0.4) is 0 Å². The van der Waals surface area contributed by atoms with Gasteiger partial charge in [0.05, 0.1) is 17.2 Å². The molecule has 10 heteroatoms. The Morgan fingerprint density at radius 3 is 2.57 bits per heavy atom. The quantitative estimate of drug-likeness (QED) is 0.761. The summed E-state index contributed by atoms with van der Waals surface area (Å²) in [5.74, 6) is -5.06. The first-order valence-corrected chi connectivity index (χ1v) is 10.4. The molecule has 1 unspecified atom stereocenters. The number of nitrogens with one attached hydrogen (secondary N) is 1. The minimum atomic E-state index is -3.21. The van der Waals surface area contributed by atoms with Crippen molar-refractivity contribution >= 4 is 23.5 Å². The molecular weight excluding hydrogens is 423 g/mol. The summed E-state index contributed by atoms with van der Waals surface area (Å²) < 4.78 is 48.6. The van der Waals surface area contributed by atoms with Crippen LogP contribution in [0, 0.1) is 11.7 Å². The number of carbonyl (C=O) groups excluding carboxylic acids is 2. The Morgan fingerprint density at radius 1 is 1.17 bits per heavy atom. The fraction of sp³-hybridized carbons (Fsp3) is 0.600. The van der Waals surface area contributed by atoms with E-state index in [-0.39, 0.29) is 67.2 Å². The van der Waals surface area contributed by atoms with E-state index < -0.39 is 17.7 Å². The molecule has 3 aliphatic heterocycles. The Morgan fingerprint density at radius 2 is 1.87 bits per heavy atom. The minimum Gasteiger partial charge on any atom is -0.366 e. The zero-order valence-corrected chi connectivity index (χ0v) is 17.0. The largest absolute Gasteiger partial charge is 0.366 e. The number of nitrogens with zero attached hydrogens (tertiary/aromatic N) is 2. The average molecular weight is 446 g/mol. The van der Waals surface area contributed by atoms with Gasteiger partial charge in [0.2, 0.25) is 5.91 Å². The van der Waals surface area contributed by atoms with Gasteiger partial charge in [-0.25, -0.2) is 18.0 Å². The van der Waals surface area contributed by atoms with Crippen LogP contribution >= 0.6 is 11.6 Å². The molecule has 0 aromatic heterocycles. The predicted octanol–water partition coefficient (Wildman–Crippen LogP) is 2.99. The molecule has 0 spiro atoms. The van der Waals surface area contributed by atoms with Crippen LogP contribution < -0.4 is 5.32 Å². The molecule has 3 aliphatic rings. The summed E-state index contributed by atoms with van der Waals surface area (Å²) in [6.07, 6.45) is 0.753. The van der Waals surface area contributed by atoms with Gasteiger partial charge in [0, 0.05) is 37.7 Å². The van der Waals surface area contributed by atoms with E-state index in [9.17, 15) is 22.8 Å². The van der Waals surface area contributed by atoms with E-state index in [0.29, 0.717) is 19.5 Å². The number of carbonyl (C=O) groups is 2. The highest BCUT2D eigenvalue weighted by Gasteiger charge is 2.45. The molecule has 3 fully saturated rings. The fourth-order valence-corrected chi connectivity index (χ4v) is 4.78. The lowest BCUT2D eigenvalue weighted by molar-refractivity contribution is -0.139. The maximum Gasteiger partial charge on any atom is 0.320 e. The second kappa shape index (κ2) is 8.26. The van der Waals surface area contributed by atoms with Gasteiger partial charge in [0.15, 0.2) is 0 Å². The van der Waals surface area contributed by atoms with E-state index in [1.54, 1.807) is 9.80 Å². The van der Waals surface area contributed by atoms with Gasteiger partial charge in [-0.3, -0.25) is 4.79 Å². The minimum absolute atomic E-state index is 0.0366. The second-order valence-electron chi connectivity index (χ2n) is 8.05. The first kappa shape index (κ1) is 21.2. The van der Waals surface area contributed by atoms with Crippen molar-refractivity contribution in [2.24, 2.45) is 5.92 Å². The summed E-state index contributed by atoms with van der Waals surface area (Å²) in [6, 6.07) is 2.44. The number of urea groups is 1. The highest BCUT2D eigenvalue weighted by atomic mass is 35.5. The molecule has 0 bridgehead atoms. The van der Waals surface area contributed by atoms with Crippen LogP contribution in [0.4, 0.5) is 18.0 Å². The van der Waals surface area contributed by atoms with E-state index >= 15 is 0 Å². The lowest BCUT2D eigenvalue weighted by atomic mass is 9.86. The van der Waals surface area contributed by atoms with E-state index in [1.165, 1.54) is 0 Å². The number of amides is 3. The molecule has 0 saturated carbocycles. The Balaban J connectivity index is 1.36. The standard InChI is InChI=1S/C20H23ClF3N3O3/c21-15-9-13(22)1-2-14(15)20(23,24)12-3-6-26(7-4-12)19(29)27-8-5-17-16(10-27)25-18(28)11-30-17/h1-2,9,12,16-17H,3-8,10-11H2,(H,25,28)/t16-,17?/m1/s1. The average Bonchev–Trinajstić information content (AvgIpc) is 2.72. The molecule has 3 heterocycles. The summed E-state index contributed by atoms with van der Waals surface area (Å²) in [4.78, 5) is 27.6. The van der Waals surface area contributed by atoms with Crippen LogP contribution in [0.2, 0.25) is 5.02 Å². The molecule has 2 atom stereocenters. The van der Waals surface area contributed by atoms with Gasteiger partial charge in [-0.15, -0.1) is 0 Å². The van der Waals surface area contributed by atoms with E-state index in [2.05, 4.69) is 5.32 Å². The number of halogens is 4. The van der Waals surface area contributed by atoms with Gasteiger partial charge in [0.25, 0.3) is 5.92 Å². The van der Waals surface area contributed by atoms with Crippen LogP contribution in [-0.4, -0.2) is 66.7 Å². The van der Waals surface area contributed by atoms with Crippen LogP contribution in [0.1, 0.15) is 24.8 Å². The zero-order valence-electron chi connectivity index (χ0n) is 16.3. The molecule has 30 heavy (non-hydrogen) atoms.